The summed E-state index contributed by atoms with van der Waals surface area (Å²) in [6.07, 6.45) is 1.72. The van der Waals surface area contributed by atoms with Crippen molar-refractivity contribution in [2.75, 3.05) is 4.90 Å². The average Bonchev–Trinajstić information content (AvgIpc) is 2.85. The van der Waals surface area contributed by atoms with Crippen molar-refractivity contribution in [3.05, 3.63) is 28.3 Å². The molecule has 1 aliphatic heterocycles. The molecular weight excluding hydrogens is 288 g/mol. The standard InChI is InChI=1S/C15H16N2O5/c1-15(2)14(19)16(10-4-3-5-12(10)18)11-8-9(17(20)21)6-7-13(11)22-15/h6-8,10H,3-5H2,1-2H3. The van der Waals surface area contributed by atoms with Gasteiger partial charge < -0.3 is 4.74 Å². The molecule has 7 nitrogen and oxygen atoms in total. The van der Waals surface area contributed by atoms with Crippen molar-refractivity contribution in [1.82, 2.24) is 0 Å². The monoisotopic (exact) mass is 304 g/mol. The molecule has 116 valence electrons. The van der Waals surface area contributed by atoms with E-state index in [1.807, 2.05) is 0 Å². The molecule has 0 radical (unpaired) electrons. The number of nitro benzene ring substituents is 1. The second-order valence-electron chi connectivity index (χ2n) is 6.07. The largest absolute Gasteiger partial charge is 0.476 e. The summed E-state index contributed by atoms with van der Waals surface area (Å²) in [5, 5.41) is 11.0. The van der Waals surface area contributed by atoms with Gasteiger partial charge in [0.25, 0.3) is 11.6 Å². The van der Waals surface area contributed by atoms with E-state index in [0.717, 1.165) is 6.42 Å². The molecule has 7 heteroatoms. The van der Waals surface area contributed by atoms with E-state index in [0.29, 0.717) is 24.3 Å². The number of rotatable bonds is 2. The molecule has 0 N–H and O–H groups in total. The predicted octanol–water partition coefficient (Wildman–Crippen LogP) is 2.22. The molecule has 1 unspecified atom stereocenters. The summed E-state index contributed by atoms with van der Waals surface area (Å²) in [5.41, 5.74) is -0.935. The second kappa shape index (κ2) is 4.79. The minimum Gasteiger partial charge on any atom is -0.476 e. The number of hydrogen-bond acceptors (Lipinski definition) is 5. The Balaban J connectivity index is 2.15. The highest BCUT2D eigenvalue weighted by molar-refractivity contribution is 6.08. The normalized spacial score (nSPS) is 23.2. The Labute approximate surface area is 127 Å². The van der Waals surface area contributed by atoms with Crippen LogP contribution >= 0.6 is 0 Å². The van der Waals surface area contributed by atoms with Crippen molar-refractivity contribution >= 4 is 23.1 Å². The lowest BCUT2D eigenvalue weighted by atomic mass is 10.0. The maximum absolute atomic E-state index is 12.7. The number of carbonyl (C=O) groups is 2. The van der Waals surface area contributed by atoms with Gasteiger partial charge in [0.2, 0.25) is 0 Å². The van der Waals surface area contributed by atoms with Gasteiger partial charge >= 0.3 is 0 Å². The van der Waals surface area contributed by atoms with Crippen molar-refractivity contribution < 1.29 is 19.2 Å². The van der Waals surface area contributed by atoms with Crippen LogP contribution in [0.25, 0.3) is 0 Å². The van der Waals surface area contributed by atoms with Crippen molar-refractivity contribution in [1.29, 1.82) is 0 Å². The fourth-order valence-corrected chi connectivity index (χ4v) is 2.99. The first kappa shape index (κ1) is 14.5. The van der Waals surface area contributed by atoms with Crippen LogP contribution in [0.5, 0.6) is 5.75 Å². The Morgan fingerprint density at radius 1 is 1.36 bits per heavy atom. The second-order valence-corrected chi connectivity index (χ2v) is 6.07. The smallest absolute Gasteiger partial charge is 0.271 e. The van der Waals surface area contributed by atoms with Crippen LogP contribution in [0.15, 0.2) is 18.2 Å². The van der Waals surface area contributed by atoms with Crippen LogP contribution in [-0.2, 0) is 9.59 Å². The van der Waals surface area contributed by atoms with Crippen LogP contribution in [0.2, 0.25) is 0 Å². The maximum atomic E-state index is 12.7. The van der Waals surface area contributed by atoms with Crippen molar-refractivity contribution in [3.8, 4) is 5.75 Å². The van der Waals surface area contributed by atoms with Crippen molar-refractivity contribution in [2.45, 2.75) is 44.8 Å². The van der Waals surface area contributed by atoms with Gasteiger partial charge in [0.15, 0.2) is 11.4 Å². The number of carbonyl (C=O) groups excluding carboxylic acids is 2. The first-order valence-electron chi connectivity index (χ1n) is 7.15. The van der Waals surface area contributed by atoms with Crippen LogP contribution in [0.4, 0.5) is 11.4 Å². The summed E-state index contributed by atoms with van der Waals surface area (Å²) in [5.74, 6) is 0.0270. The zero-order valence-electron chi connectivity index (χ0n) is 12.4. The fraction of sp³-hybridized carbons (Fsp3) is 0.467. The molecule has 0 spiro atoms. The lowest BCUT2D eigenvalue weighted by Gasteiger charge is -2.40. The number of Topliss-reactive ketones (excluding diaryl/α,β-unsaturated/α-hetero) is 1. The Morgan fingerprint density at radius 2 is 2.09 bits per heavy atom. The summed E-state index contributed by atoms with van der Waals surface area (Å²) in [4.78, 5) is 36.6. The lowest BCUT2D eigenvalue weighted by Crippen LogP contribution is -2.57. The SMILES string of the molecule is CC1(C)Oc2ccc([N+](=O)[O-])cc2N(C2CCCC2=O)C1=O. The summed E-state index contributed by atoms with van der Waals surface area (Å²) in [6, 6.07) is 3.55. The first-order chi connectivity index (χ1) is 10.3. The van der Waals surface area contributed by atoms with Crippen LogP contribution in [0, 0.1) is 10.1 Å². The van der Waals surface area contributed by atoms with Gasteiger partial charge in [-0.15, -0.1) is 0 Å². The van der Waals surface area contributed by atoms with E-state index in [9.17, 15) is 19.7 Å². The Kier molecular flexibility index (Phi) is 3.16. The number of fused-ring (bicyclic) bond motifs is 1. The summed E-state index contributed by atoms with van der Waals surface area (Å²) >= 11 is 0. The molecule has 1 amide bonds. The number of nitro groups is 1. The number of non-ortho nitro benzene ring substituents is 1. The molecule has 0 aromatic heterocycles. The van der Waals surface area contributed by atoms with Crippen LogP contribution in [-0.4, -0.2) is 28.3 Å². The molecule has 1 aromatic carbocycles. The zero-order valence-corrected chi connectivity index (χ0v) is 12.4. The molecule has 0 saturated heterocycles. The van der Waals surface area contributed by atoms with Gasteiger partial charge in [-0.2, -0.15) is 0 Å². The number of ether oxygens (including phenoxy) is 1. The van der Waals surface area contributed by atoms with Crippen molar-refractivity contribution in [3.63, 3.8) is 0 Å². The number of benzene rings is 1. The number of hydrogen-bond donors (Lipinski definition) is 0. The lowest BCUT2D eigenvalue weighted by molar-refractivity contribution is -0.384. The Morgan fingerprint density at radius 3 is 2.68 bits per heavy atom. The third kappa shape index (κ3) is 2.13. The van der Waals surface area contributed by atoms with Gasteiger partial charge in [0, 0.05) is 18.6 Å². The molecular formula is C15H16N2O5. The summed E-state index contributed by atoms with van der Waals surface area (Å²) < 4.78 is 5.67. The maximum Gasteiger partial charge on any atom is 0.271 e. The van der Waals surface area contributed by atoms with E-state index in [1.165, 1.54) is 23.1 Å². The van der Waals surface area contributed by atoms with E-state index in [-0.39, 0.29) is 17.4 Å². The minimum absolute atomic E-state index is 0.0106. The van der Waals surface area contributed by atoms with Crippen LogP contribution < -0.4 is 9.64 Å². The van der Waals surface area contributed by atoms with E-state index in [2.05, 4.69) is 0 Å². The molecule has 0 bridgehead atoms. The highest BCUT2D eigenvalue weighted by Crippen LogP contribution is 2.42. The van der Waals surface area contributed by atoms with E-state index in [4.69, 9.17) is 4.74 Å². The van der Waals surface area contributed by atoms with Crippen LogP contribution in [0.3, 0.4) is 0 Å². The van der Waals surface area contributed by atoms with Gasteiger partial charge in [-0.05, 0) is 32.8 Å². The number of amides is 1. The Hall–Kier alpha value is -2.44. The quantitative estimate of drug-likeness (QED) is 0.617. The number of nitrogens with zero attached hydrogens (tertiary/aromatic N) is 2. The fourth-order valence-electron chi connectivity index (χ4n) is 2.99. The minimum atomic E-state index is -1.11. The predicted molar refractivity (Wildman–Crippen MR) is 77.9 cm³/mol. The average molecular weight is 304 g/mol. The molecule has 1 aliphatic carbocycles. The molecule has 1 heterocycles. The molecule has 1 saturated carbocycles. The molecule has 22 heavy (non-hydrogen) atoms. The third-order valence-electron chi connectivity index (χ3n) is 4.10. The van der Waals surface area contributed by atoms with Gasteiger partial charge in [0.05, 0.1) is 16.7 Å². The summed E-state index contributed by atoms with van der Waals surface area (Å²) in [7, 11) is 0. The van der Waals surface area contributed by atoms with Crippen LogP contribution in [0.1, 0.15) is 33.1 Å². The van der Waals surface area contributed by atoms with E-state index < -0.39 is 16.6 Å². The Bertz CT molecular complexity index is 683. The van der Waals surface area contributed by atoms with Gasteiger partial charge in [-0.1, -0.05) is 0 Å². The third-order valence-corrected chi connectivity index (χ3v) is 4.10. The van der Waals surface area contributed by atoms with E-state index in [1.54, 1.807) is 13.8 Å². The van der Waals surface area contributed by atoms with Gasteiger partial charge in [-0.25, -0.2) is 0 Å². The molecule has 1 aromatic rings. The molecule has 2 aliphatic rings. The van der Waals surface area contributed by atoms with Crippen molar-refractivity contribution in [2.24, 2.45) is 0 Å². The topological polar surface area (TPSA) is 89.8 Å². The first-order valence-corrected chi connectivity index (χ1v) is 7.15. The molecule has 1 atom stereocenters. The zero-order chi connectivity index (χ0) is 16.1. The highest BCUT2D eigenvalue weighted by Gasteiger charge is 2.46. The van der Waals surface area contributed by atoms with Gasteiger partial charge in [-0.3, -0.25) is 24.6 Å². The molecule has 3 rings (SSSR count). The summed E-state index contributed by atoms with van der Waals surface area (Å²) in [6.45, 7) is 3.26. The number of anilines is 1. The number of ketones is 1. The van der Waals surface area contributed by atoms with Gasteiger partial charge in [0.1, 0.15) is 5.75 Å². The molecule has 1 fully saturated rings. The van der Waals surface area contributed by atoms with E-state index >= 15 is 0 Å². The highest BCUT2D eigenvalue weighted by atomic mass is 16.6.